The summed E-state index contributed by atoms with van der Waals surface area (Å²) in [6, 6.07) is 22.4. The lowest BCUT2D eigenvalue weighted by atomic mass is 10.2. The second-order valence-corrected chi connectivity index (χ2v) is 8.43. The molecule has 0 aliphatic rings. The number of aromatic nitrogens is 1. The number of carbonyl (C=O) groups excluding carboxylic acids is 2. The fourth-order valence-electron chi connectivity index (χ4n) is 3.01. The van der Waals surface area contributed by atoms with Crippen molar-refractivity contribution >= 4 is 46.1 Å². The monoisotopic (exact) mass is 431 g/mol. The summed E-state index contributed by atoms with van der Waals surface area (Å²) in [6.07, 6.45) is 0. The predicted molar refractivity (Wildman–Crippen MR) is 124 cm³/mol. The first kappa shape index (κ1) is 20.7. The van der Waals surface area contributed by atoms with Crippen LogP contribution in [0.15, 0.2) is 82.1 Å². The van der Waals surface area contributed by atoms with Crippen molar-refractivity contribution in [3.05, 3.63) is 72.8 Å². The number of benzene rings is 3. The van der Waals surface area contributed by atoms with Crippen molar-refractivity contribution in [2.24, 2.45) is 0 Å². The number of para-hydroxylation sites is 2. The minimum absolute atomic E-state index is 0.0921. The summed E-state index contributed by atoms with van der Waals surface area (Å²) < 4.78 is 5.78. The highest BCUT2D eigenvalue weighted by Crippen LogP contribution is 2.27. The number of nitrogens with one attached hydrogen (secondary N) is 2. The molecule has 0 bridgehead atoms. The lowest BCUT2D eigenvalue weighted by molar-refractivity contribution is -0.115. The summed E-state index contributed by atoms with van der Waals surface area (Å²) in [5.74, 6) is 0.339. The van der Waals surface area contributed by atoms with Crippen LogP contribution in [0.4, 0.5) is 11.4 Å². The Morgan fingerprint density at radius 2 is 1.55 bits per heavy atom. The molecule has 1 heterocycles. The number of hydrogen-bond donors (Lipinski definition) is 2. The Kier molecular flexibility index (Phi) is 6.04. The lowest BCUT2D eigenvalue weighted by Gasteiger charge is -2.12. The average molecular weight is 432 g/mol. The Balaban J connectivity index is 1.37. The standard InChI is InChI=1S/C24H21N3O3S/c1-15(31-20-13-11-18(12-14-20)25-16(2)28)23(29)26-19-9-7-17(8-10-19)24-27-21-5-3-4-6-22(21)30-24/h3-15H,1-2H3,(H,25,28)(H,26,29). The number of oxazole rings is 1. The van der Waals surface area contributed by atoms with Gasteiger partial charge in [0.1, 0.15) is 5.52 Å². The van der Waals surface area contributed by atoms with Gasteiger partial charge in [0.05, 0.1) is 5.25 Å². The summed E-state index contributed by atoms with van der Waals surface area (Å²) in [4.78, 5) is 29.1. The molecule has 0 saturated heterocycles. The molecule has 6 nitrogen and oxygen atoms in total. The third-order valence-corrected chi connectivity index (χ3v) is 5.66. The zero-order valence-corrected chi connectivity index (χ0v) is 17.9. The largest absolute Gasteiger partial charge is 0.436 e. The molecule has 2 N–H and O–H groups in total. The molecule has 1 unspecified atom stereocenters. The highest BCUT2D eigenvalue weighted by atomic mass is 32.2. The number of fused-ring (bicyclic) bond motifs is 1. The van der Waals surface area contributed by atoms with Gasteiger partial charge in [-0.1, -0.05) is 12.1 Å². The van der Waals surface area contributed by atoms with Gasteiger partial charge in [-0.2, -0.15) is 0 Å². The highest BCUT2D eigenvalue weighted by Gasteiger charge is 2.15. The molecular weight excluding hydrogens is 410 g/mol. The van der Waals surface area contributed by atoms with Gasteiger partial charge >= 0.3 is 0 Å². The number of thioether (sulfide) groups is 1. The van der Waals surface area contributed by atoms with Crippen LogP contribution in [0.1, 0.15) is 13.8 Å². The van der Waals surface area contributed by atoms with Gasteiger partial charge in [-0.05, 0) is 67.6 Å². The van der Waals surface area contributed by atoms with Crippen LogP contribution < -0.4 is 10.6 Å². The van der Waals surface area contributed by atoms with Crippen LogP contribution in [0.25, 0.3) is 22.6 Å². The van der Waals surface area contributed by atoms with E-state index < -0.39 is 0 Å². The third-order valence-electron chi connectivity index (χ3n) is 4.55. The molecule has 0 aliphatic heterocycles. The topological polar surface area (TPSA) is 84.2 Å². The molecule has 0 aliphatic carbocycles. The number of nitrogens with zero attached hydrogens (tertiary/aromatic N) is 1. The van der Waals surface area contributed by atoms with Crippen LogP contribution in [0.5, 0.6) is 0 Å². The van der Waals surface area contributed by atoms with Crippen molar-refractivity contribution in [1.29, 1.82) is 0 Å². The highest BCUT2D eigenvalue weighted by molar-refractivity contribution is 8.00. The van der Waals surface area contributed by atoms with Gasteiger partial charge in [0.2, 0.25) is 17.7 Å². The maximum Gasteiger partial charge on any atom is 0.237 e. The van der Waals surface area contributed by atoms with E-state index in [0.29, 0.717) is 11.6 Å². The molecule has 3 aromatic carbocycles. The SMILES string of the molecule is CC(=O)Nc1ccc(SC(C)C(=O)Nc2ccc(-c3nc4ccccc4o3)cc2)cc1. The van der Waals surface area contributed by atoms with Gasteiger partial charge < -0.3 is 15.1 Å². The smallest absolute Gasteiger partial charge is 0.237 e. The summed E-state index contributed by atoms with van der Waals surface area (Å²) >= 11 is 1.45. The van der Waals surface area contributed by atoms with E-state index >= 15 is 0 Å². The van der Waals surface area contributed by atoms with Gasteiger partial charge in [0, 0.05) is 28.8 Å². The van der Waals surface area contributed by atoms with E-state index in [-0.39, 0.29) is 17.1 Å². The molecule has 0 radical (unpaired) electrons. The van der Waals surface area contributed by atoms with Gasteiger partial charge in [-0.25, -0.2) is 4.98 Å². The maximum atomic E-state index is 12.6. The zero-order valence-electron chi connectivity index (χ0n) is 17.1. The first-order valence-electron chi connectivity index (χ1n) is 9.79. The number of hydrogen-bond acceptors (Lipinski definition) is 5. The van der Waals surface area contributed by atoms with E-state index in [1.54, 1.807) is 0 Å². The van der Waals surface area contributed by atoms with Crippen molar-refractivity contribution in [2.45, 2.75) is 24.0 Å². The van der Waals surface area contributed by atoms with E-state index in [9.17, 15) is 9.59 Å². The van der Waals surface area contributed by atoms with Crippen LogP contribution in [0.2, 0.25) is 0 Å². The van der Waals surface area contributed by atoms with Gasteiger partial charge in [0.15, 0.2) is 5.58 Å². The number of rotatable bonds is 6. The van der Waals surface area contributed by atoms with E-state index in [1.807, 2.05) is 79.7 Å². The molecule has 156 valence electrons. The van der Waals surface area contributed by atoms with Gasteiger partial charge in [-0.15, -0.1) is 11.8 Å². The van der Waals surface area contributed by atoms with E-state index in [4.69, 9.17) is 4.42 Å². The molecule has 4 aromatic rings. The summed E-state index contributed by atoms with van der Waals surface area (Å²) in [6.45, 7) is 3.32. The Labute approximate surface area is 184 Å². The van der Waals surface area contributed by atoms with Crippen molar-refractivity contribution in [3.63, 3.8) is 0 Å². The molecule has 1 aromatic heterocycles. The second kappa shape index (κ2) is 9.06. The van der Waals surface area contributed by atoms with Crippen LogP contribution in [0.3, 0.4) is 0 Å². The average Bonchev–Trinajstić information content (AvgIpc) is 3.19. The molecule has 1 atom stereocenters. The third kappa shape index (κ3) is 5.13. The Morgan fingerprint density at radius 1 is 0.903 bits per heavy atom. The first-order chi connectivity index (χ1) is 15.0. The van der Waals surface area contributed by atoms with Crippen LogP contribution >= 0.6 is 11.8 Å². The fraction of sp³-hybridized carbons (Fsp3) is 0.125. The van der Waals surface area contributed by atoms with Crippen molar-refractivity contribution in [3.8, 4) is 11.5 Å². The molecular formula is C24H21N3O3S. The molecule has 2 amide bonds. The minimum Gasteiger partial charge on any atom is -0.436 e. The van der Waals surface area contributed by atoms with E-state index in [1.165, 1.54) is 18.7 Å². The second-order valence-electron chi connectivity index (χ2n) is 7.02. The number of anilines is 2. The molecule has 0 spiro atoms. The lowest BCUT2D eigenvalue weighted by Crippen LogP contribution is -2.22. The van der Waals surface area contributed by atoms with Crippen molar-refractivity contribution in [1.82, 2.24) is 4.98 Å². The van der Waals surface area contributed by atoms with Crippen LogP contribution in [0, 0.1) is 0 Å². The Morgan fingerprint density at radius 3 is 2.23 bits per heavy atom. The van der Waals surface area contributed by atoms with E-state index in [0.717, 1.165) is 27.2 Å². The normalized spacial score (nSPS) is 11.8. The molecule has 0 fully saturated rings. The zero-order chi connectivity index (χ0) is 21.8. The summed E-state index contributed by atoms with van der Waals surface area (Å²) in [7, 11) is 0. The molecule has 31 heavy (non-hydrogen) atoms. The Hall–Kier alpha value is -3.58. The van der Waals surface area contributed by atoms with Crippen molar-refractivity contribution < 1.29 is 14.0 Å². The van der Waals surface area contributed by atoms with E-state index in [2.05, 4.69) is 15.6 Å². The molecule has 0 saturated carbocycles. The van der Waals surface area contributed by atoms with Crippen molar-refractivity contribution in [2.75, 3.05) is 10.6 Å². The van der Waals surface area contributed by atoms with Crippen LogP contribution in [-0.2, 0) is 9.59 Å². The summed E-state index contributed by atoms with van der Waals surface area (Å²) in [5, 5.41) is 5.37. The minimum atomic E-state index is -0.289. The summed E-state index contributed by atoms with van der Waals surface area (Å²) in [5.41, 5.74) is 3.83. The first-order valence-corrected chi connectivity index (χ1v) is 10.7. The number of carbonyl (C=O) groups is 2. The predicted octanol–water partition coefficient (Wildman–Crippen LogP) is 5.57. The maximum absolute atomic E-state index is 12.6. The fourth-order valence-corrected chi connectivity index (χ4v) is 3.88. The van der Waals surface area contributed by atoms with Gasteiger partial charge in [0.25, 0.3) is 0 Å². The quantitative estimate of drug-likeness (QED) is 0.390. The van der Waals surface area contributed by atoms with Gasteiger partial charge in [-0.3, -0.25) is 9.59 Å². The molecule has 4 rings (SSSR count). The van der Waals surface area contributed by atoms with Crippen LogP contribution in [-0.4, -0.2) is 22.0 Å². The number of amides is 2. The Bertz CT molecular complexity index is 1180. The molecule has 7 heteroatoms.